The molecule has 0 heterocycles. The molecule has 6 aromatic carbocycles. The van der Waals surface area contributed by atoms with Gasteiger partial charge < -0.3 is 5.32 Å². The van der Waals surface area contributed by atoms with Crippen LogP contribution >= 0.6 is 15.9 Å². The Labute approximate surface area is 207 Å². The lowest BCUT2D eigenvalue weighted by atomic mass is 9.96. The van der Waals surface area contributed by atoms with Crippen molar-refractivity contribution in [3.8, 4) is 22.3 Å². The molecule has 1 N–H and O–H groups in total. The van der Waals surface area contributed by atoms with E-state index >= 15 is 0 Å². The van der Waals surface area contributed by atoms with Gasteiger partial charge in [0.2, 0.25) is 0 Å². The zero-order valence-electron chi connectivity index (χ0n) is 18.5. The summed E-state index contributed by atoms with van der Waals surface area (Å²) in [6.45, 7) is 0. The molecule has 0 aliphatic rings. The highest BCUT2D eigenvalue weighted by Crippen LogP contribution is 2.31. The van der Waals surface area contributed by atoms with Gasteiger partial charge in [-0.25, -0.2) is 0 Å². The van der Waals surface area contributed by atoms with E-state index in [1.165, 1.54) is 43.8 Å². The fourth-order valence-corrected chi connectivity index (χ4v) is 4.75. The number of hydrogen-bond donors (Lipinski definition) is 1. The van der Waals surface area contributed by atoms with E-state index in [0.717, 1.165) is 15.8 Å². The highest BCUT2D eigenvalue weighted by atomic mass is 79.9. The number of nitrogens with one attached hydrogen (secondary N) is 1. The Morgan fingerprint density at radius 1 is 0.412 bits per heavy atom. The van der Waals surface area contributed by atoms with Crippen LogP contribution in [0, 0.1) is 0 Å². The maximum atomic E-state index is 3.48. The molecule has 0 unspecified atom stereocenters. The maximum absolute atomic E-state index is 3.48. The standard InChI is InChI=1S/C32H22BrN/c33-28-15-19-30(20-16-28)34-29-17-13-23(14-18-29)22-5-7-24(8-6-22)27-12-11-26-10-9-25-3-1-2-4-31(25)32(26)21-27/h1-21,34H. The monoisotopic (exact) mass is 499 g/mol. The minimum atomic E-state index is 1.07. The van der Waals surface area contributed by atoms with Crippen LogP contribution in [-0.4, -0.2) is 0 Å². The van der Waals surface area contributed by atoms with Crippen molar-refractivity contribution in [2.75, 3.05) is 5.32 Å². The van der Waals surface area contributed by atoms with Gasteiger partial charge >= 0.3 is 0 Å². The van der Waals surface area contributed by atoms with Crippen LogP contribution in [0.2, 0.25) is 0 Å². The second kappa shape index (κ2) is 8.81. The van der Waals surface area contributed by atoms with Crippen molar-refractivity contribution in [3.05, 3.63) is 132 Å². The summed E-state index contributed by atoms with van der Waals surface area (Å²) in [7, 11) is 0. The molecule has 0 atom stereocenters. The van der Waals surface area contributed by atoms with E-state index in [-0.39, 0.29) is 0 Å². The molecule has 6 rings (SSSR count). The number of anilines is 2. The van der Waals surface area contributed by atoms with Gasteiger partial charge in [0.1, 0.15) is 0 Å². The van der Waals surface area contributed by atoms with E-state index in [2.05, 4.69) is 137 Å². The summed E-state index contributed by atoms with van der Waals surface area (Å²) in [6.07, 6.45) is 0. The smallest absolute Gasteiger partial charge is 0.0384 e. The topological polar surface area (TPSA) is 12.0 Å². The molecular weight excluding hydrogens is 478 g/mol. The molecule has 0 radical (unpaired) electrons. The molecule has 6 aromatic rings. The average Bonchev–Trinajstić information content (AvgIpc) is 2.90. The third-order valence-corrected chi connectivity index (χ3v) is 6.84. The van der Waals surface area contributed by atoms with E-state index in [1.54, 1.807) is 0 Å². The summed E-state index contributed by atoms with van der Waals surface area (Å²) in [5.41, 5.74) is 7.04. The fourth-order valence-electron chi connectivity index (χ4n) is 4.48. The zero-order chi connectivity index (χ0) is 22.9. The van der Waals surface area contributed by atoms with E-state index < -0.39 is 0 Å². The van der Waals surface area contributed by atoms with E-state index in [9.17, 15) is 0 Å². The Morgan fingerprint density at radius 3 is 1.56 bits per heavy atom. The van der Waals surface area contributed by atoms with Crippen LogP contribution in [0.15, 0.2) is 132 Å². The first-order valence-corrected chi connectivity index (χ1v) is 12.2. The highest BCUT2D eigenvalue weighted by molar-refractivity contribution is 9.10. The first-order valence-electron chi connectivity index (χ1n) is 11.4. The Kier molecular flexibility index (Phi) is 5.37. The Bertz CT molecular complexity index is 1600. The number of fused-ring (bicyclic) bond motifs is 3. The molecule has 0 saturated heterocycles. The second-order valence-electron chi connectivity index (χ2n) is 8.51. The van der Waals surface area contributed by atoms with E-state index in [1.807, 2.05) is 12.1 Å². The van der Waals surface area contributed by atoms with Crippen molar-refractivity contribution < 1.29 is 0 Å². The van der Waals surface area contributed by atoms with Crippen molar-refractivity contribution in [1.29, 1.82) is 0 Å². The third kappa shape index (κ3) is 4.09. The molecular formula is C32H22BrN. The van der Waals surface area contributed by atoms with E-state index in [4.69, 9.17) is 0 Å². The molecule has 1 nitrogen and oxygen atoms in total. The van der Waals surface area contributed by atoms with Crippen molar-refractivity contribution >= 4 is 48.8 Å². The van der Waals surface area contributed by atoms with Gasteiger partial charge in [0.15, 0.2) is 0 Å². The van der Waals surface area contributed by atoms with Gasteiger partial charge in [-0.1, -0.05) is 101 Å². The quantitative estimate of drug-likeness (QED) is 0.238. The van der Waals surface area contributed by atoms with Crippen molar-refractivity contribution in [2.45, 2.75) is 0 Å². The third-order valence-electron chi connectivity index (χ3n) is 6.32. The zero-order valence-corrected chi connectivity index (χ0v) is 20.1. The molecule has 0 fully saturated rings. The lowest BCUT2D eigenvalue weighted by Gasteiger charge is -2.10. The predicted molar refractivity (Wildman–Crippen MR) is 150 cm³/mol. The Morgan fingerprint density at radius 2 is 0.882 bits per heavy atom. The van der Waals surface area contributed by atoms with Gasteiger partial charge in [-0.2, -0.15) is 0 Å². The molecule has 0 saturated carbocycles. The Hall–Kier alpha value is -3.88. The molecule has 2 heteroatoms. The summed E-state index contributed by atoms with van der Waals surface area (Å²) in [5, 5.41) is 8.60. The minimum Gasteiger partial charge on any atom is -0.356 e. The van der Waals surface area contributed by atoms with Crippen LogP contribution in [0.25, 0.3) is 43.8 Å². The summed E-state index contributed by atoms with van der Waals surface area (Å²) in [5.74, 6) is 0. The maximum Gasteiger partial charge on any atom is 0.0384 e. The first-order chi connectivity index (χ1) is 16.7. The van der Waals surface area contributed by atoms with Gasteiger partial charge in [-0.3, -0.25) is 0 Å². The molecule has 0 aliphatic heterocycles. The van der Waals surface area contributed by atoms with Crippen LogP contribution in [0.5, 0.6) is 0 Å². The van der Waals surface area contributed by atoms with Crippen LogP contribution < -0.4 is 5.32 Å². The lowest BCUT2D eigenvalue weighted by molar-refractivity contribution is 1.53. The SMILES string of the molecule is Brc1ccc(Nc2ccc(-c3ccc(-c4ccc5ccc6ccccc6c5c4)cc3)cc2)cc1. The highest BCUT2D eigenvalue weighted by Gasteiger charge is 2.05. The first kappa shape index (κ1) is 20.7. The summed E-state index contributed by atoms with van der Waals surface area (Å²) in [6, 6.07) is 45.4. The van der Waals surface area contributed by atoms with Crippen molar-refractivity contribution in [1.82, 2.24) is 0 Å². The molecule has 0 amide bonds. The number of rotatable bonds is 4. The van der Waals surface area contributed by atoms with Crippen LogP contribution in [-0.2, 0) is 0 Å². The molecule has 162 valence electrons. The van der Waals surface area contributed by atoms with Gasteiger partial charge in [-0.15, -0.1) is 0 Å². The van der Waals surface area contributed by atoms with Gasteiger partial charge in [0, 0.05) is 15.8 Å². The molecule has 0 aromatic heterocycles. The van der Waals surface area contributed by atoms with Crippen LogP contribution in [0.1, 0.15) is 0 Å². The number of benzene rings is 6. The summed E-state index contributed by atoms with van der Waals surface area (Å²) in [4.78, 5) is 0. The minimum absolute atomic E-state index is 1.07. The molecule has 0 aliphatic carbocycles. The summed E-state index contributed by atoms with van der Waals surface area (Å²) >= 11 is 3.48. The van der Waals surface area contributed by atoms with Gasteiger partial charge in [0.25, 0.3) is 0 Å². The number of halogens is 1. The number of hydrogen-bond acceptors (Lipinski definition) is 1. The molecule has 0 bridgehead atoms. The Balaban J connectivity index is 1.26. The second-order valence-corrected chi connectivity index (χ2v) is 9.42. The lowest BCUT2D eigenvalue weighted by Crippen LogP contribution is -1.89. The van der Waals surface area contributed by atoms with Crippen LogP contribution in [0.4, 0.5) is 11.4 Å². The van der Waals surface area contributed by atoms with Gasteiger partial charge in [-0.05, 0) is 86.3 Å². The fraction of sp³-hybridized carbons (Fsp3) is 0. The molecule has 0 spiro atoms. The van der Waals surface area contributed by atoms with E-state index in [0.29, 0.717) is 0 Å². The largest absolute Gasteiger partial charge is 0.356 e. The van der Waals surface area contributed by atoms with Crippen molar-refractivity contribution in [2.24, 2.45) is 0 Å². The molecule has 34 heavy (non-hydrogen) atoms. The van der Waals surface area contributed by atoms with Gasteiger partial charge in [0.05, 0.1) is 0 Å². The normalized spacial score (nSPS) is 11.1. The van der Waals surface area contributed by atoms with Crippen LogP contribution in [0.3, 0.4) is 0 Å². The van der Waals surface area contributed by atoms with Crippen molar-refractivity contribution in [3.63, 3.8) is 0 Å². The summed E-state index contributed by atoms with van der Waals surface area (Å²) < 4.78 is 1.08. The average molecular weight is 500 g/mol. The predicted octanol–water partition coefficient (Wildman–Crippen LogP) is 9.83.